The first-order valence-electron chi connectivity index (χ1n) is 4.11. The predicted molar refractivity (Wildman–Crippen MR) is 67.6 cm³/mol. The van der Waals surface area contributed by atoms with Crippen LogP contribution in [0.4, 0.5) is 0 Å². The van der Waals surface area contributed by atoms with Gasteiger partial charge in [0.25, 0.3) is 0 Å². The molecule has 0 bridgehead atoms. The van der Waals surface area contributed by atoms with Crippen LogP contribution in [0.2, 0.25) is 0 Å². The van der Waals surface area contributed by atoms with Crippen LogP contribution in [0.5, 0.6) is 0 Å². The monoisotopic (exact) mass is 290 g/mol. The molecular weight excluding hydrogens is 275 g/mol. The van der Waals surface area contributed by atoms with E-state index in [0.717, 1.165) is 18.5 Å². The summed E-state index contributed by atoms with van der Waals surface area (Å²) in [5.74, 6) is 0. The highest BCUT2D eigenvalue weighted by atomic mass is 127. The maximum Gasteiger partial charge on any atom is 0.0810 e. The normalized spacial score (nSPS) is 12.8. The van der Waals surface area contributed by atoms with Crippen LogP contribution in [-0.4, -0.2) is 4.51 Å². The molecule has 0 radical (unpaired) electrons. The fourth-order valence-electron chi connectivity index (χ4n) is 0.693. The minimum Gasteiger partial charge on any atom is -0.204 e. The van der Waals surface area contributed by atoms with Gasteiger partial charge in [0.1, 0.15) is 0 Å². The molecule has 0 unspecified atom stereocenters. The van der Waals surface area contributed by atoms with E-state index in [1.807, 2.05) is 18.2 Å². The molecule has 0 saturated carbocycles. The molecule has 0 amide bonds. The van der Waals surface area contributed by atoms with Crippen molar-refractivity contribution in [2.75, 3.05) is 0 Å². The van der Waals surface area contributed by atoms with Gasteiger partial charge in [-0.25, -0.2) is 5.53 Å². The van der Waals surface area contributed by atoms with E-state index in [4.69, 9.17) is 5.53 Å². The van der Waals surface area contributed by atoms with Crippen LogP contribution in [0.1, 0.15) is 19.8 Å². The molecule has 0 aliphatic rings. The fourth-order valence-corrected chi connectivity index (χ4v) is 1.35. The summed E-state index contributed by atoms with van der Waals surface area (Å²) in [5, 5.41) is 3.41. The Morgan fingerprint density at radius 3 is 2.85 bits per heavy atom. The zero-order valence-electron chi connectivity index (χ0n) is 7.83. The maximum atomic E-state index is 6.89. The largest absolute Gasteiger partial charge is 0.204 e. The maximum absolute atomic E-state index is 6.89. The molecule has 0 spiro atoms. The highest BCUT2D eigenvalue weighted by Gasteiger charge is 1.84. The highest BCUT2D eigenvalue weighted by molar-refractivity contribution is 14.2. The van der Waals surface area contributed by atoms with Gasteiger partial charge < -0.3 is 0 Å². The summed E-state index contributed by atoms with van der Waals surface area (Å²) in [6.07, 6.45) is 9.72. The Balaban J connectivity index is 4.06. The summed E-state index contributed by atoms with van der Waals surface area (Å²) >= 11 is 0.00375. The average Bonchev–Trinajstić information content (AvgIpc) is 2.17. The van der Waals surface area contributed by atoms with E-state index in [1.54, 1.807) is 0 Å². The van der Waals surface area contributed by atoms with E-state index in [2.05, 4.69) is 26.7 Å². The molecule has 2 nitrogen and oxygen atoms in total. The van der Waals surface area contributed by atoms with Crippen molar-refractivity contribution in [3.63, 3.8) is 0 Å². The standard InChI is InChI=1S/C10H15IN2/c1-3-4-7-10(13-12)8-5-6-9-11-2/h4,6-9,12H,2-3,5H2,1H3/b7-4-,9-6-,10-8+,13-12?. The Bertz CT molecular complexity index is 239. The molecule has 0 heterocycles. The molecule has 13 heavy (non-hydrogen) atoms. The lowest BCUT2D eigenvalue weighted by Crippen LogP contribution is -1.69. The summed E-state index contributed by atoms with van der Waals surface area (Å²) < 4.78 is 5.91. The molecule has 0 aromatic carbocycles. The summed E-state index contributed by atoms with van der Waals surface area (Å²) in [4.78, 5) is 0. The first-order chi connectivity index (χ1) is 6.35. The van der Waals surface area contributed by atoms with E-state index in [9.17, 15) is 0 Å². The minimum atomic E-state index is 0.00375. The molecule has 0 aromatic rings. The molecule has 0 aliphatic heterocycles. The van der Waals surface area contributed by atoms with Crippen molar-refractivity contribution < 1.29 is 0 Å². The zero-order chi connectivity index (χ0) is 9.94. The van der Waals surface area contributed by atoms with Crippen LogP contribution < -0.4 is 0 Å². The van der Waals surface area contributed by atoms with Crippen molar-refractivity contribution >= 4 is 25.2 Å². The van der Waals surface area contributed by atoms with Crippen molar-refractivity contribution in [3.8, 4) is 0 Å². The number of nitrogens with zero attached hydrogens (tertiary/aromatic N) is 1. The Hall–Kier alpha value is -0.580. The van der Waals surface area contributed by atoms with Crippen LogP contribution in [0, 0.1) is 5.53 Å². The zero-order valence-corrected chi connectivity index (χ0v) is 9.99. The Morgan fingerprint density at radius 1 is 1.54 bits per heavy atom. The molecule has 72 valence electrons. The molecule has 0 aromatic heterocycles. The summed E-state index contributed by atoms with van der Waals surface area (Å²) in [5.41, 5.74) is 7.62. The average molecular weight is 290 g/mol. The van der Waals surface area contributed by atoms with Gasteiger partial charge >= 0.3 is 0 Å². The summed E-state index contributed by atoms with van der Waals surface area (Å²) in [6.45, 7) is 2.06. The van der Waals surface area contributed by atoms with Gasteiger partial charge in [-0.2, -0.15) is 5.11 Å². The van der Waals surface area contributed by atoms with Crippen LogP contribution in [-0.2, 0) is 0 Å². The van der Waals surface area contributed by atoms with Gasteiger partial charge in [-0.15, -0.1) is 20.7 Å². The van der Waals surface area contributed by atoms with E-state index in [1.165, 1.54) is 0 Å². The first-order valence-corrected chi connectivity index (χ1v) is 6.88. The van der Waals surface area contributed by atoms with Crippen LogP contribution >= 0.6 is 20.7 Å². The first kappa shape index (κ1) is 12.4. The molecule has 0 rings (SSSR count). The van der Waals surface area contributed by atoms with Crippen molar-refractivity contribution in [1.29, 1.82) is 5.53 Å². The lowest BCUT2D eigenvalue weighted by atomic mass is 10.3. The SMILES string of the molecule is C=I/C=C\C/C=C(\C=C/CC)N=N. The fraction of sp³-hybridized carbons (Fsp3) is 0.300. The summed E-state index contributed by atoms with van der Waals surface area (Å²) in [7, 11) is 0. The number of halogens is 1. The van der Waals surface area contributed by atoms with E-state index < -0.39 is 0 Å². The van der Waals surface area contributed by atoms with Crippen molar-refractivity contribution in [1.82, 2.24) is 0 Å². The number of nitrogens with one attached hydrogen (secondary N) is 1. The van der Waals surface area contributed by atoms with Gasteiger partial charge in [0, 0.05) is 0 Å². The second-order valence-electron chi connectivity index (χ2n) is 2.30. The lowest BCUT2D eigenvalue weighted by molar-refractivity contribution is 1.07. The van der Waals surface area contributed by atoms with Gasteiger partial charge in [0.15, 0.2) is 0 Å². The number of rotatable bonds is 6. The Kier molecular flexibility index (Phi) is 9.08. The van der Waals surface area contributed by atoms with Gasteiger partial charge in [-0.3, -0.25) is 0 Å². The minimum absolute atomic E-state index is 0.00375. The lowest BCUT2D eigenvalue weighted by Gasteiger charge is -1.88. The molecular formula is C10H15IN2. The molecule has 3 heteroatoms. The number of hydrogen-bond acceptors (Lipinski definition) is 2. The van der Waals surface area contributed by atoms with E-state index in [0.29, 0.717) is 0 Å². The number of hydrogen-bond donors (Lipinski definition) is 1. The van der Waals surface area contributed by atoms with Crippen LogP contribution in [0.3, 0.4) is 0 Å². The van der Waals surface area contributed by atoms with E-state index >= 15 is 0 Å². The molecule has 0 aliphatic carbocycles. The molecule has 0 atom stereocenters. The van der Waals surface area contributed by atoms with Gasteiger partial charge in [0.05, 0.1) is 5.70 Å². The van der Waals surface area contributed by atoms with Gasteiger partial charge in [-0.05, 0) is 23.0 Å². The third kappa shape index (κ3) is 7.77. The topological polar surface area (TPSA) is 36.2 Å². The quantitative estimate of drug-likeness (QED) is 0.433. The second-order valence-corrected chi connectivity index (χ2v) is 3.90. The molecule has 0 saturated heterocycles. The predicted octanol–water partition coefficient (Wildman–Crippen LogP) is 4.17. The van der Waals surface area contributed by atoms with Crippen molar-refractivity contribution in [3.05, 3.63) is 34.1 Å². The van der Waals surface area contributed by atoms with Crippen LogP contribution in [0.25, 0.3) is 0 Å². The Morgan fingerprint density at radius 2 is 2.31 bits per heavy atom. The van der Waals surface area contributed by atoms with Crippen molar-refractivity contribution in [2.24, 2.45) is 5.11 Å². The van der Waals surface area contributed by atoms with Crippen molar-refractivity contribution in [2.45, 2.75) is 19.8 Å². The number of allylic oxidation sites excluding steroid dienone is 4. The highest BCUT2D eigenvalue weighted by Crippen LogP contribution is 2.03. The third-order valence-corrected chi connectivity index (χ3v) is 2.31. The van der Waals surface area contributed by atoms with Gasteiger partial charge in [0.2, 0.25) is 0 Å². The third-order valence-electron chi connectivity index (χ3n) is 1.29. The van der Waals surface area contributed by atoms with Gasteiger partial charge in [-0.1, -0.05) is 29.7 Å². The van der Waals surface area contributed by atoms with E-state index in [-0.39, 0.29) is 20.7 Å². The molecule has 0 fully saturated rings. The smallest absolute Gasteiger partial charge is 0.0810 e. The Labute approximate surface area is 89.7 Å². The molecule has 1 N–H and O–H groups in total. The second kappa shape index (κ2) is 9.51. The summed E-state index contributed by atoms with van der Waals surface area (Å²) in [6, 6.07) is 0. The van der Waals surface area contributed by atoms with Crippen LogP contribution in [0.15, 0.2) is 39.2 Å².